The van der Waals surface area contributed by atoms with Crippen LogP contribution in [-0.4, -0.2) is 21.9 Å². The maximum absolute atomic E-state index is 5.95. The number of rotatable bonds is 4. The first-order chi connectivity index (χ1) is 8.85. The third-order valence-corrected chi connectivity index (χ3v) is 3.38. The smallest absolute Gasteiger partial charge is 0.152 e. The lowest BCUT2D eigenvalue weighted by molar-refractivity contribution is 0.412. The van der Waals surface area contributed by atoms with E-state index in [2.05, 4.69) is 10.2 Å². The van der Waals surface area contributed by atoms with Gasteiger partial charge >= 0.3 is 0 Å². The summed E-state index contributed by atoms with van der Waals surface area (Å²) in [4.78, 5) is 0. The van der Waals surface area contributed by atoms with Crippen molar-refractivity contribution in [2.24, 2.45) is 0 Å². The minimum Gasteiger partial charge on any atom is -0.495 e. The van der Waals surface area contributed by atoms with Gasteiger partial charge in [0.15, 0.2) is 5.82 Å². The van der Waals surface area contributed by atoms with E-state index < -0.39 is 0 Å². The van der Waals surface area contributed by atoms with Gasteiger partial charge in [0.05, 0.1) is 18.7 Å². The minimum absolute atomic E-state index is 0.345. The van der Waals surface area contributed by atoms with E-state index in [1.165, 1.54) is 12.8 Å². The van der Waals surface area contributed by atoms with Gasteiger partial charge in [-0.2, -0.15) is 0 Å². The van der Waals surface area contributed by atoms with Crippen LogP contribution in [0.2, 0.25) is 0 Å². The molecule has 0 atom stereocenters. The number of nitrogens with zero attached hydrogens (tertiary/aromatic N) is 3. The fourth-order valence-corrected chi connectivity index (χ4v) is 2.27. The maximum atomic E-state index is 5.95. The Hall–Kier alpha value is -1.55. The molecule has 0 spiro atoms. The van der Waals surface area contributed by atoms with Gasteiger partial charge in [0.25, 0.3) is 0 Å². The van der Waals surface area contributed by atoms with Crippen molar-refractivity contribution in [1.29, 1.82) is 0 Å². The van der Waals surface area contributed by atoms with Gasteiger partial charge in [0.1, 0.15) is 11.6 Å². The van der Waals surface area contributed by atoms with Crippen molar-refractivity contribution in [1.82, 2.24) is 14.8 Å². The monoisotopic (exact) mass is 263 g/mol. The van der Waals surface area contributed by atoms with Gasteiger partial charge in [0.2, 0.25) is 0 Å². The van der Waals surface area contributed by atoms with Gasteiger partial charge in [-0.3, -0.25) is 4.57 Å². The Morgan fingerprint density at radius 3 is 2.78 bits per heavy atom. The average Bonchev–Trinajstić information content (AvgIpc) is 3.18. The summed E-state index contributed by atoms with van der Waals surface area (Å²) in [7, 11) is 1.67. The molecule has 1 fully saturated rings. The van der Waals surface area contributed by atoms with Gasteiger partial charge in [-0.15, -0.1) is 21.8 Å². The first-order valence-corrected chi connectivity index (χ1v) is 6.52. The predicted octanol–water partition coefficient (Wildman–Crippen LogP) is 2.89. The van der Waals surface area contributed by atoms with Crippen LogP contribution in [0.5, 0.6) is 5.75 Å². The molecule has 1 saturated carbocycles. The quantitative estimate of drug-likeness (QED) is 0.797. The Morgan fingerprint density at radius 1 is 1.33 bits per heavy atom. The van der Waals surface area contributed by atoms with Crippen LogP contribution in [0.4, 0.5) is 0 Å². The number of hydrogen-bond donors (Lipinski definition) is 0. The van der Waals surface area contributed by atoms with Gasteiger partial charge in [0, 0.05) is 5.92 Å². The number of methoxy groups -OCH3 is 1. The first kappa shape index (κ1) is 11.5. The molecule has 0 unspecified atom stereocenters. The summed E-state index contributed by atoms with van der Waals surface area (Å²) >= 11 is 5.95. The van der Waals surface area contributed by atoms with Crippen LogP contribution in [0.3, 0.4) is 0 Å². The van der Waals surface area contributed by atoms with E-state index in [1.54, 1.807) is 7.11 Å². The molecule has 2 aromatic rings. The number of hydrogen-bond acceptors (Lipinski definition) is 3. The molecular weight excluding hydrogens is 250 g/mol. The molecule has 4 nitrogen and oxygen atoms in total. The van der Waals surface area contributed by atoms with Crippen molar-refractivity contribution in [3.63, 3.8) is 0 Å². The third kappa shape index (κ3) is 1.86. The molecule has 1 aliphatic rings. The summed E-state index contributed by atoms with van der Waals surface area (Å²) < 4.78 is 7.44. The van der Waals surface area contributed by atoms with E-state index in [-0.39, 0.29) is 0 Å². The number of benzene rings is 1. The van der Waals surface area contributed by atoms with E-state index in [1.807, 2.05) is 28.8 Å². The molecule has 94 valence electrons. The van der Waals surface area contributed by atoms with Crippen molar-refractivity contribution in [3.05, 3.63) is 35.9 Å². The molecular formula is C13H14ClN3O. The van der Waals surface area contributed by atoms with Crippen LogP contribution >= 0.6 is 11.6 Å². The number of aromatic nitrogens is 3. The van der Waals surface area contributed by atoms with Crippen molar-refractivity contribution >= 4 is 11.6 Å². The van der Waals surface area contributed by atoms with Gasteiger partial charge in [-0.1, -0.05) is 12.1 Å². The van der Waals surface area contributed by atoms with E-state index >= 15 is 0 Å². The highest BCUT2D eigenvalue weighted by atomic mass is 35.5. The topological polar surface area (TPSA) is 39.9 Å². The van der Waals surface area contributed by atoms with Crippen LogP contribution in [0.25, 0.3) is 5.69 Å². The van der Waals surface area contributed by atoms with E-state index in [0.29, 0.717) is 11.8 Å². The average molecular weight is 264 g/mol. The van der Waals surface area contributed by atoms with Crippen LogP contribution < -0.4 is 4.74 Å². The molecule has 1 aromatic heterocycles. The van der Waals surface area contributed by atoms with E-state index in [0.717, 1.165) is 23.1 Å². The summed E-state index contributed by atoms with van der Waals surface area (Å²) in [6.07, 6.45) is 2.35. The molecule has 0 radical (unpaired) electrons. The first-order valence-electron chi connectivity index (χ1n) is 5.98. The van der Waals surface area contributed by atoms with Gasteiger partial charge < -0.3 is 4.74 Å². The molecule has 1 aliphatic carbocycles. The highest BCUT2D eigenvalue weighted by Gasteiger charge is 2.31. The lowest BCUT2D eigenvalue weighted by Gasteiger charge is -2.12. The standard InChI is InChI=1S/C13H14ClN3O/c1-18-11-5-3-2-4-10(11)17-12(8-14)15-16-13(17)9-6-7-9/h2-5,9H,6-8H2,1H3. The summed E-state index contributed by atoms with van der Waals surface area (Å²) in [5.74, 6) is 3.43. The molecule has 1 aromatic carbocycles. The molecule has 3 rings (SSSR count). The van der Waals surface area contributed by atoms with Crippen LogP contribution in [0.15, 0.2) is 24.3 Å². The second-order valence-corrected chi connectivity index (χ2v) is 4.66. The van der Waals surface area contributed by atoms with Crippen LogP contribution in [0.1, 0.15) is 30.4 Å². The van der Waals surface area contributed by atoms with E-state index in [9.17, 15) is 0 Å². The maximum Gasteiger partial charge on any atom is 0.152 e. The summed E-state index contributed by atoms with van der Waals surface area (Å²) in [6.45, 7) is 0. The fourth-order valence-electron chi connectivity index (χ4n) is 2.10. The molecule has 0 saturated heterocycles. The van der Waals surface area contributed by atoms with Crippen molar-refractivity contribution in [3.8, 4) is 11.4 Å². The molecule has 1 heterocycles. The van der Waals surface area contributed by atoms with Crippen LogP contribution in [0, 0.1) is 0 Å². The lowest BCUT2D eigenvalue weighted by atomic mass is 10.2. The second kappa shape index (κ2) is 4.61. The molecule has 0 aliphatic heterocycles. The Morgan fingerprint density at radius 2 is 2.11 bits per heavy atom. The number of ether oxygens (including phenoxy) is 1. The highest BCUT2D eigenvalue weighted by molar-refractivity contribution is 6.16. The molecule has 0 amide bonds. The molecule has 0 N–H and O–H groups in total. The Kier molecular flexibility index (Phi) is 2.96. The normalized spacial score (nSPS) is 14.8. The van der Waals surface area contributed by atoms with Gasteiger partial charge in [-0.25, -0.2) is 0 Å². The Balaban J connectivity index is 2.17. The molecule has 5 heteroatoms. The number of alkyl halides is 1. The second-order valence-electron chi connectivity index (χ2n) is 4.39. The van der Waals surface area contributed by atoms with Crippen molar-refractivity contribution in [2.45, 2.75) is 24.6 Å². The zero-order valence-corrected chi connectivity index (χ0v) is 10.9. The lowest BCUT2D eigenvalue weighted by Crippen LogP contribution is -2.05. The predicted molar refractivity (Wildman–Crippen MR) is 69.4 cm³/mol. The number of para-hydroxylation sites is 2. The highest BCUT2D eigenvalue weighted by Crippen LogP contribution is 2.41. The fraction of sp³-hybridized carbons (Fsp3) is 0.385. The van der Waals surface area contributed by atoms with Crippen molar-refractivity contribution in [2.75, 3.05) is 7.11 Å². The summed E-state index contributed by atoms with van der Waals surface area (Å²) in [5, 5.41) is 8.45. The number of halogens is 1. The molecule has 0 bridgehead atoms. The third-order valence-electron chi connectivity index (χ3n) is 3.14. The minimum atomic E-state index is 0.345. The Bertz CT molecular complexity index is 563. The summed E-state index contributed by atoms with van der Waals surface area (Å²) in [6, 6.07) is 7.87. The zero-order chi connectivity index (χ0) is 12.5. The van der Waals surface area contributed by atoms with Crippen LogP contribution in [-0.2, 0) is 5.88 Å². The summed E-state index contributed by atoms with van der Waals surface area (Å²) in [5.41, 5.74) is 0.961. The van der Waals surface area contributed by atoms with Gasteiger partial charge in [-0.05, 0) is 25.0 Å². The van der Waals surface area contributed by atoms with E-state index in [4.69, 9.17) is 16.3 Å². The Labute approximate surface area is 111 Å². The van der Waals surface area contributed by atoms with Crippen molar-refractivity contribution < 1.29 is 4.74 Å². The molecule has 18 heavy (non-hydrogen) atoms. The SMILES string of the molecule is COc1ccccc1-n1c(CCl)nnc1C1CC1. The largest absolute Gasteiger partial charge is 0.495 e. The zero-order valence-electron chi connectivity index (χ0n) is 10.1.